The molecule has 80 valence electrons. The van der Waals surface area contributed by atoms with Gasteiger partial charge in [-0.1, -0.05) is 13.8 Å². The highest BCUT2D eigenvalue weighted by Crippen LogP contribution is 2.10. The van der Waals surface area contributed by atoms with Crippen molar-refractivity contribution in [3.05, 3.63) is 11.6 Å². The molecule has 0 saturated heterocycles. The largest absolute Gasteiger partial charge is 0.384 e. The lowest BCUT2D eigenvalue weighted by atomic mass is 10.1. The Morgan fingerprint density at radius 2 is 2.14 bits per heavy atom. The van der Waals surface area contributed by atoms with Gasteiger partial charge in [0.15, 0.2) is 11.6 Å². The molecule has 0 fully saturated rings. The summed E-state index contributed by atoms with van der Waals surface area (Å²) in [4.78, 5) is 4.24. The van der Waals surface area contributed by atoms with Crippen LogP contribution in [-0.2, 0) is 13.5 Å². The average Bonchev–Trinajstić information content (AvgIpc) is 2.44. The maximum atomic E-state index is 9.51. The third-order valence-corrected chi connectivity index (χ3v) is 1.95. The molecule has 1 rings (SSSR count). The van der Waals surface area contributed by atoms with Crippen molar-refractivity contribution < 1.29 is 5.11 Å². The number of aliphatic hydroxyl groups is 1. The van der Waals surface area contributed by atoms with Crippen molar-refractivity contribution in [2.24, 2.45) is 18.7 Å². The standard InChI is InChI=1S/C9H18N4O/c1-6(2)4-8-11-9(7(14)5-10)13(3)12-8/h6-7,14H,4-5,10H2,1-3H3. The quantitative estimate of drug-likeness (QED) is 0.714. The summed E-state index contributed by atoms with van der Waals surface area (Å²) >= 11 is 0. The zero-order valence-electron chi connectivity index (χ0n) is 8.94. The van der Waals surface area contributed by atoms with Crippen LogP contribution in [0.1, 0.15) is 31.6 Å². The van der Waals surface area contributed by atoms with Gasteiger partial charge in [-0.2, -0.15) is 5.10 Å². The van der Waals surface area contributed by atoms with Gasteiger partial charge in [0, 0.05) is 20.0 Å². The fraction of sp³-hybridized carbons (Fsp3) is 0.778. The van der Waals surface area contributed by atoms with Gasteiger partial charge in [0.2, 0.25) is 0 Å². The lowest BCUT2D eigenvalue weighted by molar-refractivity contribution is 0.171. The van der Waals surface area contributed by atoms with E-state index in [9.17, 15) is 5.11 Å². The fourth-order valence-electron chi connectivity index (χ4n) is 1.30. The molecule has 1 atom stereocenters. The van der Waals surface area contributed by atoms with E-state index in [0.29, 0.717) is 11.7 Å². The summed E-state index contributed by atoms with van der Waals surface area (Å²) in [7, 11) is 1.77. The third kappa shape index (κ3) is 2.52. The van der Waals surface area contributed by atoms with Crippen LogP contribution in [0.15, 0.2) is 0 Å². The number of aryl methyl sites for hydroxylation is 1. The Morgan fingerprint density at radius 1 is 1.50 bits per heavy atom. The average molecular weight is 198 g/mol. The molecule has 0 aliphatic carbocycles. The van der Waals surface area contributed by atoms with Gasteiger partial charge in [-0.15, -0.1) is 0 Å². The molecule has 14 heavy (non-hydrogen) atoms. The van der Waals surface area contributed by atoms with Crippen LogP contribution in [0.2, 0.25) is 0 Å². The molecule has 1 aromatic rings. The third-order valence-electron chi connectivity index (χ3n) is 1.95. The van der Waals surface area contributed by atoms with E-state index in [-0.39, 0.29) is 6.54 Å². The number of nitrogens with zero attached hydrogens (tertiary/aromatic N) is 3. The van der Waals surface area contributed by atoms with Crippen LogP contribution in [0, 0.1) is 5.92 Å². The van der Waals surface area contributed by atoms with E-state index < -0.39 is 6.10 Å². The molecule has 0 saturated carbocycles. The first-order valence-corrected chi connectivity index (χ1v) is 4.82. The molecule has 1 unspecified atom stereocenters. The van der Waals surface area contributed by atoms with Crippen molar-refractivity contribution >= 4 is 0 Å². The summed E-state index contributed by atoms with van der Waals surface area (Å²) in [5.74, 6) is 1.83. The first-order valence-electron chi connectivity index (χ1n) is 4.82. The fourth-order valence-corrected chi connectivity index (χ4v) is 1.30. The Morgan fingerprint density at radius 3 is 2.64 bits per heavy atom. The molecule has 0 aromatic carbocycles. The van der Waals surface area contributed by atoms with E-state index >= 15 is 0 Å². The van der Waals surface area contributed by atoms with Gasteiger partial charge in [-0.05, 0) is 5.92 Å². The van der Waals surface area contributed by atoms with E-state index in [4.69, 9.17) is 5.73 Å². The van der Waals surface area contributed by atoms with Crippen LogP contribution in [0.4, 0.5) is 0 Å². The highest BCUT2D eigenvalue weighted by atomic mass is 16.3. The van der Waals surface area contributed by atoms with Gasteiger partial charge in [-0.3, -0.25) is 4.68 Å². The number of aliphatic hydroxyl groups excluding tert-OH is 1. The maximum absolute atomic E-state index is 9.51. The van der Waals surface area contributed by atoms with E-state index in [0.717, 1.165) is 12.2 Å². The topological polar surface area (TPSA) is 77.0 Å². The Bertz CT molecular complexity index is 295. The van der Waals surface area contributed by atoms with Crippen molar-refractivity contribution in [2.45, 2.75) is 26.4 Å². The Hall–Kier alpha value is -0.940. The van der Waals surface area contributed by atoms with Gasteiger partial charge < -0.3 is 10.8 Å². The van der Waals surface area contributed by atoms with E-state index in [1.165, 1.54) is 0 Å². The summed E-state index contributed by atoms with van der Waals surface area (Å²) < 4.78 is 1.59. The number of nitrogens with two attached hydrogens (primary N) is 1. The summed E-state index contributed by atoms with van der Waals surface area (Å²) in [6.07, 6.45) is 0.110. The monoisotopic (exact) mass is 198 g/mol. The van der Waals surface area contributed by atoms with E-state index in [2.05, 4.69) is 23.9 Å². The van der Waals surface area contributed by atoms with Crippen LogP contribution >= 0.6 is 0 Å². The number of rotatable bonds is 4. The molecule has 0 aliphatic rings. The summed E-state index contributed by atoms with van der Waals surface area (Å²) in [5.41, 5.74) is 5.35. The highest BCUT2D eigenvalue weighted by molar-refractivity contribution is 4.97. The van der Waals surface area contributed by atoms with Crippen molar-refractivity contribution in [3.8, 4) is 0 Å². The van der Waals surface area contributed by atoms with E-state index in [1.54, 1.807) is 11.7 Å². The zero-order valence-corrected chi connectivity index (χ0v) is 8.94. The number of hydrogen-bond acceptors (Lipinski definition) is 4. The first kappa shape index (κ1) is 11.1. The van der Waals surface area contributed by atoms with Crippen LogP contribution in [0.3, 0.4) is 0 Å². The Balaban J connectivity index is 2.82. The minimum atomic E-state index is -0.714. The smallest absolute Gasteiger partial charge is 0.157 e. The second-order valence-electron chi connectivity index (χ2n) is 3.86. The van der Waals surface area contributed by atoms with Gasteiger partial charge in [0.1, 0.15) is 6.10 Å². The highest BCUT2D eigenvalue weighted by Gasteiger charge is 2.14. The van der Waals surface area contributed by atoms with Crippen LogP contribution in [0.25, 0.3) is 0 Å². The summed E-state index contributed by atoms with van der Waals surface area (Å²) in [6.45, 7) is 4.39. The van der Waals surface area contributed by atoms with E-state index in [1.807, 2.05) is 0 Å². The predicted octanol–water partition coefficient (Wildman–Crippen LogP) is 0.00570. The van der Waals surface area contributed by atoms with Gasteiger partial charge in [0.05, 0.1) is 0 Å². The normalized spacial score (nSPS) is 13.6. The van der Waals surface area contributed by atoms with Crippen molar-refractivity contribution in [2.75, 3.05) is 6.54 Å². The Labute approximate surface area is 83.9 Å². The van der Waals surface area contributed by atoms with Gasteiger partial charge in [0.25, 0.3) is 0 Å². The molecule has 5 nitrogen and oxygen atoms in total. The minimum Gasteiger partial charge on any atom is -0.384 e. The summed E-state index contributed by atoms with van der Waals surface area (Å²) in [5, 5.41) is 13.7. The second kappa shape index (κ2) is 4.52. The SMILES string of the molecule is CC(C)Cc1nc(C(O)CN)n(C)n1. The molecule has 3 N–H and O–H groups in total. The Kier molecular flexibility index (Phi) is 3.60. The molecule has 0 aliphatic heterocycles. The van der Waals surface area contributed by atoms with Crippen molar-refractivity contribution in [1.82, 2.24) is 14.8 Å². The maximum Gasteiger partial charge on any atom is 0.157 e. The molecule has 0 bridgehead atoms. The van der Waals surface area contributed by atoms with Crippen LogP contribution < -0.4 is 5.73 Å². The predicted molar refractivity (Wildman–Crippen MR) is 53.6 cm³/mol. The molecular weight excluding hydrogens is 180 g/mol. The second-order valence-corrected chi connectivity index (χ2v) is 3.86. The molecule has 1 heterocycles. The number of hydrogen-bond donors (Lipinski definition) is 2. The lowest BCUT2D eigenvalue weighted by Gasteiger charge is -2.04. The summed E-state index contributed by atoms with van der Waals surface area (Å²) in [6, 6.07) is 0. The molecule has 0 spiro atoms. The van der Waals surface area contributed by atoms with Crippen LogP contribution in [-0.4, -0.2) is 26.4 Å². The van der Waals surface area contributed by atoms with Gasteiger partial charge in [-0.25, -0.2) is 4.98 Å². The molecular formula is C9H18N4O. The lowest BCUT2D eigenvalue weighted by Crippen LogP contribution is -2.16. The molecule has 5 heteroatoms. The van der Waals surface area contributed by atoms with Gasteiger partial charge >= 0.3 is 0 Å². The zero-order chi connectivity index (χ0) is 10.7. The minimum absolute atomic E-state index is 0.174. The molecule has 0 amide bonds. The molecule has 1 aromatic heterocycles. The molecule has 0 radical (unpaired) electrons. The first-order chi connectivity index (χ1) is 6.54. The number of aromatic nitrogens is 3. The van der Waals surface area contributed by atoms with Crippen molar-refractivity contribution in [1.29, 1.82) is 0 Å². The van der Waals surface area contributed by atoms with Crippen LogP contribution in [0.5, 0.6) is 0 Å². The van der Waals surface area contributed by atoms with Crippen molar-refractivity contribution in [3.63, 3.8) is 0 Å².